The number of imidazole rings is 1. The van der Waals surface area contributed by atoms with Gasteiger partial charge in [-0.2, -0.15) is 11.8 Å². The molecule has 6 heteroatoms. The number of anilines is 1. The highest BCUT2D eigenvalue weighted by atomic mass is 35.5. The van der Waals surface area contributed by atoms with Crippen LogP contribution in [0.4, 0.5) is 10.3 Å². The van der Waals surface area contributed by atoms with Gasteiger partial charge >= 0.3 is 0 Å². The topological polar surface area (TPSA) is 43.8 Å². The Morgan fingerprint density at radius 3 is 2.70 bits per heavy atom. The van der Waals surface area contributed by atoms with Crippen LogP contribution in [0.25, 0.3) is 11.0 Å². The number of nitrogens with zero attached hydrogens (tertiary/aromatic N) is 2. The van der Waals surface area contributed by atoms with Gasteiger partial charge in [-0.15, -0.1) is 0 Å². The fourth-order valence-electron chi connectivity index (χ4n) is 3.03. The number of fused-ring (bicyclic) bond motifs is 1. The number of aromatic nitrogens is 2. The third kappa shape index (κ3) is 2.37. The highest BCUT2D eigenvalue weighted by molar-refractivity contribution is 7.99. The maximum Gasteiger partial charge on any atom is 0.201 e. The molecular formula is C14H17ClFN3S. The Morgan fingerprint density at radius 1 is 1.35 bits per heavy atom. The summed E-state index contributed by atoms with van der Waals surface area (Å²) in [5.41, 5.74) is 7.45. The van der Waals surface area contributed by atoms with Crippen molar-refractivity contribution in [1.29, 1.82) is 0 Å². The van der Waals surface area contributed by atoms with Crippen LogP contribution in [0.5, 0.6) is 0 Å². The van der Waals surface area contributed by atoms with Gasteiger partial charge in [0, 0.05) is 17.4 Å². The molecule has 0 atom stereocenters. The average molecular weight is 314 g/mol. The van der Waals surface area contributed by atoms with Crippen LogP contribution >= 0.6 is 23.4 Å². The second kappa shape index (κ2) is 5.45. The molecule has 0 amide bonds. The number of benzene rings is 1. The van der Waals surface area contributed by atoms with E-state index in [1.807, 2.05) is 16.3 Å². The molecule has 1 aliphatic carbocycles. The minimum atomic E-state index is -0.418. The van der Waals surface area contributed by atoms with Crippen molar-refractivity contribution in [3.8, 4) is 0 Å². The predicted octanol–water partition coefficient (Wildman–Crippen LogP) is 4.26. The Balaban J connectivity index is 1.99. The summed E-state index contributed by atoms with van der Waals surface area (Å²) in [4.78, 5) is 4.31. The van der Waals surface area contributed by atoms with E-state index in [9.17, 15) is 4.39 Å². The Hall–Kier alpha value is -0.940. The molecule has 0 bridgehead atoms. The quantitative estimate of drug-likeness (QED) is 0.901. The normalized spacial score (nSPS) is 23.4. The zero-order valence-electron chi connectivity index (χ0n) is 11.3. The van der Waals surface area contributed by atoms with E-state index in [2.05, 4.69) is 11.2 Å². The van der Waals surface area contributed by atoms with Crippen LogP contribution in [-0.2, 0) is 0 Å². The van der Waals surface area contributed by atoms with Crippen molar-refractivity contribution in [3.05, 3.63) is 23.0 Å². The lowest BCUT2D eigenvalue weighted by Crippen LogP contribution is -2.20. The summed E-state index contributed by atoms with van der Waals surface area (Å²) in [7, 11) is 0. The van der Waals surface area contributed by atoms with Crippen LogP contribution in [0, 0.1) is 5.82 Å². The van der Waals surface area contributed by atoms with Gasteiger partial charge in [-0.25, -0.2) is 9.37 Å². The molecule has 1 aromatic heterocycles. The van der Waals surface area contributed by atoms with Gasteiger partial charge < -0.3 is 10.3 Å². The number of halogens is 2. The summed E-state index contributed by atoms with van der Waals surface area (Å²) in [5, 5.41) is 0.821. The molecule has 0 radical (unpaired) electrons. The van der Waals surface area contributed by atoms with Crippen LogP contribution in [-0.4, -0.2) is 21.1 Å². The van der Waals surface area contributed by atoms with Crippen molar-refractivity contribution in [1.82, 2.24) is 9.55 Å². The molecule has 1 heterocycles. The summed E-state index contributed by atoms with van der Waals surface area (Å²) in [5.74, 6) is 0.0346. The van der Waals surface area contributed by atoms with Gasteiger partial charge in [0.05, 0.1) is 16.1 Å². The molecule has 1 aromatic carbocycles. The van der Waals surface area contributed by atoms with Crippen molar-refractivity contribution in [2.24, 2.45) is 0 Å². The van der Waals surface area contributed by atoms with E-state index in [1.54, 1.807) is 6.07 Å². The number of rotatable bonds is 2. The summed E-state index contributed by atoms with van der Waals surface area (Å²) >= 11 is 7.73. The van der Waals surface area contributed by atoms with Crippen molar-refractivity contribution in [3.63, 3.8) is 0 Å². The van der Waals surface area contributed by atoms with Gasteiger partial charge in [0.2, 0.25) is 5.95 Å². The van der Waals surface area contributed by atoms with Crippen molar-refractivity contribution in [2.75, 3.05) is 12.0 Å². The smallest absolute Gasteiger partial charge is 0.201 e. The van der Waals surface area contributed by atoms with E-state index >= 15 is 0 Å². The van der Waals surface area contributed by atoms with E-state index in [-0.39, 0.29) is 5.02 Å². The molecule has 3 nitrogen and oxygen atoms in total. The van der Waals surface area contributed by atoms with Crippen molar-refractivity contribution >= 4 is 40.3 Å². The molecule has 0 aliphatic heterocycles. The van der Waals surface area contributed by atoms with Crippen LogP contribution in [0.1, 0.15) is 31.7 Å². The minimum absolute atomic E-state index is 0.0910. The molecule has 2 N–H and O–H groups in total. The summed E-state index contributed by atoms with van der Waals surface area (Å²) < 4.78 is 15.7. The second-order valence-electron chi connectivity index (χ2n) is 5.26. The molecule has 0 unspecified atom stereocenters. The van der Waals surface area contributed by atoms with Gasteiger partial charge in [0.15, 0.2) is 0 Å². The fraction of sp³-hybridized carbons (Fsp3) is 0.500. The molecule has 2 aromatic rings. The number of hydrogen-bond acceptors (Lipinski definition) is 3. The van der Waals surface area contributed by atoms with Crippen LogP contribution < -0.4 is 5.73 Å². The zero-order valence-corrected chi connectivity index (χ0v) is 12.8. The number of thioether (sulfide) groups is 1. The summed E-state index contributed by atoms with van der Waals surface area (Å²) in [6, 6.07) is 3.30. The van der Waals surface area contributed by atoms with Crippen LogP contribution in [0.3, 0.4) is 0 Å². The number of nitrogens with two attached hydrogens (primary N) is 1. The fourth-order valence-corrected chi connectivity index (χ4v) is 3.93. The Bertz CT molecular complexity index is 635. The van der Waals surface area contributed by atoms with Crippen molar-refractivity contribution < 1.29 is 4.39 Å². The lowest BCUT2D eigenvalue weighted by molar-refractivity contribution is 0.369. The molecule has 3 rings (SSSR count). The molecule has 1 saturated carbocycles. The first-order chi connectivity index (χ1) is 9.60. The van der Waals surface area contributed by atoms with Crippen LogP contribution in [0.15, 0.2) is 12.1 Å². The van der Waals surface area contributed by atoms with Gasteiger partial charge in [0.25, 0.3) is 0 Å². The second-order valence-corrected chi connectivity index (χ2v) is 6.81. The molecule has 1 fully saturated rings. The van der Waals surface area contributed by atoms with Crippen molar-refractivity contribution in [2.45, 2.75) is 37.0 Å². The largest absolute Gasteiger partial charge is 0.369 e. The Morgan fingerprint density at radius 2 is 2.05 bits per heavy atom. The molecule has 0 saturated heterocycles. The zero-order chi connectivity index (χ0) is 14.3. The highest BCUT2D eigenvalue weighted by Crippen LogP contribution is 2.37. The number of hydrogen-bond donors (Lipinski definition) is 1. The van der Waals surface area contributed by atoms with Gasteiger partial charge in [-0.3, -0.25) is 0 Å². The maximum atomic E-state index is 13.7. The molecular weight excluding hydrogens is 297 g/mol. The van der Waals surface area contributed by atoms with E-state index in [4.69, 9.17) is 17.3 Å². The first kappa shape index (κ1) is 14.0. The predicted molar refractivity (Wildman–Crippen MR) is 83.9 cm³/mol. The first-order valence-corrected chi connectivity index (χ1v) is 8.42. The van der Waals surface area contributed by atoms with E-state index in [0.717, 1.165) is 23.6 Å². The molecule has 108 valence electrons. The average Bonchev–Trinajstić information content (AvgIpc) is 2.75. The van der Waals surface area contributed by atoms with E-state index in [1.165, 1.54) is 18.9 Å². The number of nitrogen functional groups attached to an aromatic ring is 1. The minimum Gasteiger partial charge on any atom is -0.369 e. The third-order valence-corrected chi connectivity index (χ3v) is 5.53. The summed E-state index contributed by atoms with van der Waals surface area (Å²) in [6.45, 7) is 0. The van der Waals surface area contributed by atoms with Gasteiger partial charge in [0.1, 0.15) is 5.82 Å². The molecule has 1 aliphatic rings. The SMILES string of the molecule is CSC1CCC(n2c(N)nc3cc(Cl)c(F)cc32)CC1. The van der Waals surface area contributed by atoms with Gasteiger partial charge in [-0.1, -0.05) is 11.6 Å². The Kier molecular flexibility index (Phi) is 3.82. The van der Waals surface area contributed by atoms with Gasteiger partial charge in [-0.05, 0) is 38.0 Å². The monoisotopic (exact) mass is 313 g/mol. The maximum absolute atomic E-state index is 13.7. The lowest BCUT2D eigenvalue weighted by Gasteiger charge is -2.29. The molecule has 20 heavy (non-hydrogen) atoms. The standard InChI is InChI=1S/C14H17ClFN3S/c1-20-9-4-2-8(3-5-9)19-13-7-11(16)10(15)6-12(13)18-14(19)17/h6-9H,2-5H2,1H3,(H2,17,18). The third-order valence-electron chi connectivity index (χ3n) is 4.10. The molecule has 0 spiro atoms. The Labute approximate surface area is 126 Å². The van der Waals surface area contributed by atoms with Crippen LogP contribution in [0.2, 0.25) is 5.02 Å². The highest BCUT2D eigenvalue weighted by Gasteiger charge is 2.25. The summed E-state index contributed by atoms with van der Waals surface area (Å²) in [6.07, 6.45) is 6.61. The van der Waals surface area contributed by atoms with E-state index < -0.39 is 5.82 Å². The van der Waals surface area contributed by atoms with E-state index in [0.29, 0.717) is 17.5 Å². The lowest BCUT2D eigenvalue weighted by atomic mass is 9.94. The first-order valence-electron chi connectivity index (χ1n) is 6.75.